The van der Waals surface area contributed by atoms with Crippen LogP contribution in [0.25, 0.3) is 0 Å². The highest BCUT2D eigenvalue weighted by molar-refractivity contribution is 7.90. The number of hydrogen-bond donors (Lipinski definition) is 2. The number of likely N-dealkylation sites (N-methyl/N-ethyl adjacent to an activating group) is 1. The highest BCUT2D eigenvalue weighted by Gasteiger charge is 2.28. The van der Waals surface area contributed by atoms with Crippen LogP contribution in [-0.2, 0) is 14.6 Å². The average Bonchev–Trinajstić information content (AvgIpc) is 2.36. The van der Waals surface area contributed by atoms with Gasteiger partial charge in [-0.2, -0.15) is 0 Å². The number of carboxylic acid groups (broad SMARTS) is 1. The van der Waals surface area contributed by atoms with Crippen molar-refractivity contribution in [2.45, 2.75) is 25.4 Å². The Kier molecular flexibility index (Phi) is 5.97. The fourth-order valence-electron chi connectivity index (χ4n) is 2.06. The van der Waals surface area contributed by atoms with Crippen molar-refractivity contribution in [3.8, 4) is 0 Å². The van der Waals surface area contributed by atoms with Crippen LogP contribution in [0.1, 0.15) is 13.3 Å². The summed E-state index contributed by atoms with van der Waals surface area (Å²) in [4.78, 5) is 26.9. The van der Waals surface area contributed by atoms with Crippen LogP contribution in [0, 0.1) is 0 Å². The first kappa shape index (κ1) is 17.7. The van der Waals surface area contributed by atoms with Crippen molar-refractivity contribution in [3.05, 3.63) is 0 Å². The fraction of sp³-hybridized carbons (Fsp3) is 0.833. The molecule has 1 heterocycles. The summed E-state index contributed by atoms with van der Waals surface area (Å²) in [5.41, 5.74) is 0. The fourth-order valence-corrected chi connectivity index (χ4v) is 2.73. The minimum Gasteiger partial charge on any atom is -0.480 e. The molecule has 0 aromatic carbocycles. The minimum atomic E-state index is -3.26. The molecule has 0 saturated carbocycles. The third-order valence-corrected chi connectivity index (χ3v) is 4.60. The van der Waals surface area contributed by atoms with Crippen molar-refractivity contribution in [3.63, 3.8) is 0 Å². The molecule has 9 heteroatoms. The molecule has 1 saturated heterocycles. The Labute approximate surface area is 125 Å². The predicted molar refractivity (Wildman–Crippen MR) is 77.9 cm³/mol. The summed E-state index contributed by atoms with van der Waals surface area (Å²) in [7, 11) is -1.30. The van der Waals surface area contributed by atoms with E-state index in [1.165, 1.54) is 0 Å². The topological polar surface area (TPSA) is 107 Å². The largest absolute Gasteiger partial charge is 0.480 e. The number of carbonyl (C=O) groups is 2. The summed E-state index contributed by atoms with van der Waals surface area (Å²) in [5, 5.41) is 11.5. The number of carboxylic acids is 1. The lowest BCUT2D eigenvalue weighted by Crippen LogP contribution is -2.56. The van der Waals surface area contributed by atoms with E-state index in [4.69, 9.17) is 5.11 Å². The van der Waals surface area contributed by atoms with E-state index < -0.39 is 27.9 Å². The molecule has 1 aliphatic heterocycles. The maximum atomic E-state index is 12.1. The SMILES string of the molecule is CC1CN(C(=O)NC(CCS(C)(=O)=O)C(=O)O)CCN1C. The second kappa shape index (κ2) is 7.08. The van der Waals surface area contributed by atoms with Crippen molar-refractivity contribution in [1.29, 1.82) is 0 Å². The van der Waals surface area contributed by atoms with Gasteiger partial charge in [0.15, 0.2) is 0 Å². The van der Waals surface area contributed by atoms with E-state index in [0.717, 1.165) is 12.8 Å². The second-order valence-electron chi connectivity index (χ2n) is 5.53. The quantitative estimate of drug-likeness (QED) is 0.688. The number of urea groups is 1. The Morgan fingerprint density at radius 1 is 1.38 bits per heavy atom. The van der Waals surface area contributed by atoms with E-state index in [-0.39, 0.29) is 18.2 Å². The molecule has 2 amide bonds. The normalized spacial score (nSPS) is 21.9. The van der Waals surface area contributed by atoms with E-state index in [2.05, 4.69) is 10.2 Å². The first-order chi connectivity index (χ1) is 9.60. The Morgan fingerprint density at radius 3 is 2.48 bits per heavy atom. The molecule has 0 radical (unpaired) electrons. The number of hydrogen-bond acceptors (Lipinski definition) is 5. The lowest BCUT2D eigenvalue weighted by atomic mass is 10.2. The van der Waals surface area contributed by atoms with Gasteiger partial charge in [-0.1, -0.05) is 0 Å². The molecular weight excluding hydrogens is 298 g/mol. The van der Waals surface area contributed by atoms with Gasteiger partial charge in [0, 0.05) is 31.9 Å². The minimum absolute atomic E-state index is 0.136. The van der Waals surface area contributed by atoms with Gasteiger partial charge in [0.1, 0.15) is 15.9 Å². The molecular formula is C12H23N3O5S. The summed E-state index contributed by atoms with van der Waals surface area (Å²) in [6.45, 7) is 3.74. The number of nitrogens with zero attached hydrogens (tertiary/aromatic N) is 2. The van der Waals surface area contributed by atoms with Crippen LogP contribution in [0.4, 0.5) is 4.79 Å². The molecule has 0 spiro atoms. The third kappa shape index (κ3) is 5.88. The Morgan fingerprint density at radius 2 is 2.00 bits per heavy atom. The van der Waals surface area contributed by atoms with Gasteiger partial charge in [0.2, 0.25) is 0 Å². The van der Waals surface area contributed by atoms with E-state index >= 15 is 0 Å². The van der Waals surface area contributed by atoms with E-state index in [1.54, 1.807) is 4.90 Å². The maximum absolute atomic E-state index is 12.1. The molecule has 2 unspecified atom stereocenters. The van der Waals surface area contributed by atoms with E-state index in [9.17, 15) is 18.0 Å². The standard InChI is InChI=1S/C12H23N3O5S/c1-9-8-15(6-5-14(9)2)12(18)13-10(11(16)17)4-7-21(3,19)20/h9-10H,4-8H2,1-3H3,(H,13,18)(H,16,17). The zero-order valence-corrected chi connectivity index (χ0v) is 13.4. The molecule has 8 nitrogen and oxygen atoms in total. The number of carbonyl (C=O) groups excluding carboxylic acids is 1. The zero-order chi connectivity index (χ0) is 16.2. The first-order valence-corrected chi connectivity index (χ1v) is 8.82. The van der Waals surface area contributed by atoms with Crippen LogP contribution in [-0.4, -0.2) is 86.1 Å². The summed E-state index contributed by atoms with van der Waals surface area (Å²) in [6.07, 6.45) is 0.902. The number of rotatable bonds is 5. The van der Waals surface area contributed by atoms with E-state index in [1.807, 2.05) is 14.0 Å². The molecule has 2 atom stereocenters. The van der Waals surface area contributed by atoms with Gasteiger partial charge in [0.25, 0.3) is 0 Å². The maximum Gasteiger partial charge on any atom is 0.326 e. The number of aliphatic carboxylic acids is 1. The molecule has 0 aromatic rings. The zero-order valence-electron chi connectivity index (χ0n) is 12.6. The van der Waals surface area contributed by atoms with Crippen LogP contribution in [0.3, 0.4) is 0 Å². The number of amides is 2. The highest BCUT2D eigenvalue weighted by atomic mass is 32.2. The lowest BCUT2D eigenvalue weighted by molar-refractivity contribution is -0.139. The van der Waals surface area contributed by atoms with Gasteiger partial charge < -0.3 is 20.2 Å². The molecule has 1 rings (SSSR count). The van der Waals surface area contributed by atoms with Crippen molar-refractivity contribution in [2.75, 3.05) is 38.7 Å². The third-order valence-electron chi connectivity index (χ3n) is 3.62. The second-order valence-corrected chi connectivity index (χ2v) is 7.79. The Hall–Kier alpha value is -1.35. The molecule has 0 aliphatic carbocycles. The van der Waals surface area contributed by atoms with Gasteiger partial charge in [-0.25, -0.2) is 18.0 Å². The van der Waals surface area contributed by atoms with Crippen LogP contribution < -0.4 is 5.32 Å². The number of piperazine rings is 1. The van der Waals surface area contributed by atoms with Gasteiger partial charge in [-0.05, 0) is 20.4 Å². The van der Waals surface area contributed by atoms with Gasteiger partial charge >= 0.3 is 12.0 Å². The summed E-state index contributed by atoms with van der Waals surface area (Å²) < 4.78 is 22.2. The molecule has 0 aromatic heterocycles. The first-order valence-electron chi connectivity index (χ1n) is 6.76. The average molecular weight is 321 g/mol. The molecule has 1 aliphatic rings. The Bertz CT molecular complexity index is 493. The Balaban J connectivity index is 2.58. The van der Waals surface area contributed by atoms with Crippen LogP contribution in [0.2, 0.25) is 0 Å². The predicted octanol–water partition coefficient (Wildman–Crippen LogP) is -0.780. The van der Waals surface area contributed by atoms with E-state index in [0.29, 0.717) is 13.1 Å². The number of nitrogens with one attached hydrogen (secondary N) is 1. The van der Waals surface area contributed by atoms with Crippen LogP contribution in [0.15, 0.2) is 0 Å². The van der Waals surface area contributed by atoms with Crippen LogP contribution >= 0.6 is 0 Å². The molecule has 2 N–H and O–H groups in total. The molecule has 21 heavy (non-hydrogen) atoms. The smallest absolute Gasteiger partial charge is 0.326 e. The highest BCUT2D eigenvalue weighted by Crippen LogP contribution is 2.08. The van der Waals surface area contributed by atoms with Crippen molar-refractivity contribution < 1.29 is 23.1 Å². The van der Waals surface area contributed by atoms with Gasteiger partial charge in [-0.3, -0.25) is 0 Å². The lowest BCUT2D eigenvalue weighted by Gasteiger charge is -2.38. The summed E-state index contributed by atoms with van der Waals surface area (Å²) in [6, 6.07) is -1.46. The monoisotopic (exact) mass is 321 g/mol. The van der Waals surface area contributed by atoms with Gasteiger partial charge in [-0.15, -0.1) is 0 Å². The number of sulfone groups is 1. The molecule has 122 valence electrons. The van der Waals surface area contributed by atoms with Gasteiger partial charge in [0.05, 0.1) is 5.75 Å². The molecule has 1 fully saturated rings. The molecule has 0 bridgehead atoms. The van der Waals surface area contributed by atoms with Crippen LogP contribution in [0.5, 0.6) is 0 Å². The van der Waals surface area contributed by atoms with Crippen molar-refractivity contribution >= 4 is 21.8 Å². The van der Waals surface area contributed by atoms with Crippen molar-refractivity contribution in [2.24, 2.45) is 0 Å². The summed E-state index contributed by atoms with van der Waals surface area (Å²) >= 11 is 0. The van der Waals surface area contributed by atoms with Crippen molar-refractivity contribution in [1.82, 2.24) is 15.1 Å². The summed E-state index contributed by atoms with van der Waals surface area (Å²) in [5.74, 6) is -1.50.